The van der Waals surface area contributed by atoms with Crippen LogP contribution >= 0.6 is 0 Å². The number of hydrogen-bond donors (Lipinski definition) is 2. The highest BCUT2D eigenvalue weighted by Gasteiger charge is 2.45. The summed E-state index contributed by atoms with van der Waals surface area (Å²) >= 11 is 0. The van der Waals surface area contributed by atoms with Crippen molar-refractivity contribution in [3.05, 3.63) is 71.3 Å². The van der Waals surface area contributed by atoms with Gasteiger partial charge in [0.1, 0.15) is 17.7 Å². The van der Waals surface area contributed by atoms with E-state index < -0.39 is 23.8 Å². The standard InChI is InChI=1S/C30H41N3O4/c1-7-20(2)25(32-29(36)37-30(4,5)6)28(35)33(23-17-18-23)26(24-16-12-11-13-21(24)3)27(34)31-19-22-14-9-8-10-15-22/h8-16,20,23,25-26H,7,17-19H2,1-6H3,(H,31,34)(H,32,36). The first-order valence-electron chi connectivity index (χ1n) is 13.2. The Morgan fingerprint density at radius 1 is 1.03 bits per heavy atom. The van der Waals surface area contributed by atoms with Gasteiger partial charge in [-0.15, -0.1) is 0 Å². The van der Waals surface area contributed by atoms with E-state index in [2.05, 4.69) is 10.6 Å². The van der Waals surface area contributed by atoms with Crippen LogP contribution in [0.4, 0.5) is 4.79 Å². The molecule has 3 rings (SSSR count). The Hall–Kier alpha value is -3.35. The average Bonchev–Trinajstić information content (AvgIpc) is 3.69. The van der Waals surface area contributed by atoms with Crippen molar-refractivity contribution < 1.29 is 19.1 Å². The van der Waals surface area contributed by atoms with Crippen LogP contribution in [-0.4, -0.2) is 40.5 Å². The Morgan fingerprint density at radius 3 is 2.22 bits per heavy atom. The van der Waals surface area contributed by atoms with Gasteiger partial charge in [-0.3, -0.25) is 9.59 Å². The van der Waals surface area contributed by atoms with Crippen LogP contribution < -0.4 is 10.6 Å². The lowest BCUT2D eigenvalue weighted by atomic mass is 9.94. The second-order valence-electron chi connectivity index (χ2n) is 10.9. The summed E-state index contributed by atoms with van der Waals surface area (Å²) in [5.41, 5.74) is 2.01. The number of benzene rings is 2. The molecule has 2 aromatic rings. The number of carbonyl (C=O) groups is 3. The summed E-state index contributed by atoms with van der Waals surface area (Å²) in [6, 6.07) is 15.7. The van der Waals surface area contributed by atoms with Crippen molar-refractivity contribution in [1.29, 1.82) is 0 Å². The maximum absolute atomic E-state index is 14.2. The molecule has 0 aliphatic heterocycles. The normalized spacial score (nSPS) is 15.7. The van der Waals surface area contributed by atoms with Crippen molar-refractivity contribution in [3.8, 4) is 0 Å². The van der Waals surface area contributed by atoms with E-state index in [1.807, 2.05) is 75.4 Å². The minimum absolute atomic E-state index is 0.0634. The molecule has 0 heterocycles. The smallest absolute Gasteiger partial charge is 0.408 e. The third-order valence-electron chi connectivity index (χ3n) is 6.67. The fraction of sp³-hybridized carbons (Fsp3) is 0.500. The van der Waals surface area contributed by atoms with E-state index in [1.165, 1.54) is 0 Å². The molecule has 1 fully saturated rings. The van der Waals surface area contributed by atoms with Gasteiger partial charge >= 0.3 is 6.09 Å². The lowest BCUT2D eigenvalue weighted by molar-refractivity contribution is -0.144. The fourth-order valence-corrected chi connectivity index (χ4v) is 4.34. The van der Waals surface area contributed by atoms with Crippen LogP contribution in [0.1, 0.15) is 76.6 Å². The molecule has 1 aliphatic carbocycles. The molecular formula is C30H41N3O4. The number of ether oxygens (including phenoxy) is 1. The molecule has 200 valence electrons. The first-order chi connectivity index (χ1) is 17.5. The van der Waals surface area contributed by atoms with Crippen molar-refractivity contribution in [1.82, 2.24) is 15.5 Å². The van der Waals surface area contributed by atoms with Crippen molar-refractivity contribution in [3.63, 3.8) is 0 Å². The number of nitrogens with zero attached hydrogens (tertiary/aromatic N) is 1. The van der Waals surface area contributed by atoms with Gasteiger partial charge in [-0.05, 0) is 63.1 Å². The Bertz CT molecular complexity index is 1080. The van der Waals surface area contributed by atoms with Gasteiger partial charge in [0.15, 0.2) is 0 Å². The molecule has 0 radical (unpaired) electrons. The van der Waals surface area contributed by atoms with Gasteiger partial charge in [-0.25, -0.2) is 4.79 Å². The molecule has 37 heavy (non-hydrogen) atoms. The monoisotopic (exact) mass is 507 g/mol. The topological polar surface area (TPSA) is 87.7 Å². The number of aryl methyl sites for hydroxylation is 1. The van der Waals surface area contributed by atoms with Crippen LogP contribution in [0.3, 0.4) is 0 Å². The number of hydrogen-bond acceptors (Lipinski definition) is 4. The van der Waals surface area contributed by atoms with Crippen molar-refractivity contribution >= 4 is 17.9 Å². The van der Waals surface area contributed by atoms with Gasteiger partial charge in [-0.2, -0.15) is 0 Å². The molecule has 3 amide bonds. The zero-order valence-electron chi connectivity index (χ0n) is 22.9. The summed E-state index contributed by atoms with van der Waals surface area (Å²) in [5, 5.41) is 5.87. The summed E-state index contributed by atoms with van der Waals surface area (Å²) in [4.78, 5) is 42.4. The third-order valence-corrected chi connectivity index (χ3v) is 6.67. The molecule has 3 atom stereocenters. The first-order valence-corrected chi connectivity index (χ1v) is 13.2. The molecule has 2 aromatic carbocycles. The Kier molecular flexibility index (Phi) is 9.35. The lowest BCUT2D eigenvalue weighted by Crippen LogP contribution is -2.55. The summed E-state index contributed by atoms with van der Waals surface area (Å²) in [6.45, 7) is 11.6. The summed E-state index contributed by atoms with van der Waals surface area (Å²) in [6.07, 6.45) is 1.68. The molecular weight excluding hydrogens is 466 g/mol. The van der Waals surface area contributed by atoms with Crippen LogP contribution in [0.2, 0.25) is 0 Å². The molecule has 0 saturated heterocycles. The maximum atomic E-state index is 14.2. The number of rotatable bonds is 10. The Balaban J connectivity index is 1.95. The minimum atomic E-state index is -0.811. The van der Waals surface area contributed by atoms with E-state index >= 15 is 0 Å². The minimum Gasteiger partial charge on any atom is -0.444 e. The predicted octanol–water partition coefficient (Wildman–Crippen LogP) is 5.28. The Morgan fingerprint density at radius 2 is 1.65 bits per heavy atom. The molecule has 7 heteroatoms. The molecule has 2 N–H and O–H groups in total. The molecule has 7 nitrogen and oxygen atoms in total. The summed E-state index contributed by atoms with van der Waals surface area (Å²) < 4.78 is 5.47. The van der Waals surface area contributed by atoms with Crippen LogP contribution in [0.15, 0.2) is 54.6 Å². The van der Waals surface area contributed by atoms with E-state index in [9.17, 15) is 14.4 Å². The van der Waals surface area contributed by atoms with Crippen LogP contribution in [0, 0.1) is 12.8 Å². The van der Waals surface area contributed by atoms with Crippen LogP contribution in [0.5, 0.6) is 0 Å². The summed E-state index contributed by atoms with van der Waals surface area (Å²) in [7, 11) is 0. The van der Waals surface area contributed by atoms with Crippen molar-refractivity contribution in [2.75, 3.05) is 0 Å². The van der Waals surface area contributed by atoms with Gasteiger partial charge in [0.05, 0.1) is 0 Å². The molecule has 1 aliphatic rings. The molecule has 1 saturated carbocycles. The highest BCUT2D eigenvalue weighted by atomic mass is 16.6. The van der Waals surface area contributed by atoms with Crippen LogP contribution in [-0.2, 0) is 20.9 Å². The van der Waals surface area contributed by atoms with E-state index in [0.29, 0.717) is 13.0 Å². The van der Waals surface area contributed by atoms with Gasteiger partial charge in [0.25, 0.3) is 0 Å². The van der Waals surface area contributed by atoms with Crippen molar-refractivity contribution in [2.24, 2.45) is 5.92 Å². The molecule has 3 unspecified atom stereocenters. The van der Waals surface area contributed by atoms with E-state index in [4.69, 9.17) is 4.74 Å². The zero-order chi connectivity index (χ0) is 27.2. The largest absolute Gasteiger partial charge is 0.444 e. The predicted molar refractivity (Wildman–Crippen MR) is 145 cm³/mol. The number of amides is 3. The zero-order valence-corrected chi connectivity index (χ0v) is 22.9. The summed E-state index contributed by atoms with van der Waals surface area (Å²) in [5.74, 6) is -0.643. The van der Waals surface area contributed by atoms with E-state index in [-0.39, 0.29) is 23.8 Å². The maximum Gasteiger partial charge on any atom is 0.408 e. The SMILES string of the molecule is CCC(C)C(NC(=O)OC(C)(C)C)C(=O)N(C1CC1)C(C(=O)NCc1ccccc1)c1ccccc1C. The first kappa shape index (κ1) is 28.2. The van der Waals surface area contributed by atoms with Gasteiger partial charge < -0.3 is 20.3 Å². The third kappa shape index (κ3) is 7.81. The van der Waals surface area contributed by atoms with Crippen molar-refractivity contribution in [2.45, 2.75) is 91.1 Å². The highest BCUT2D eigenvalue weighted by Crippen LogP contribution is 2.37. The van der Waals surface area contributed by atoms with Gasteiger partial charge in [-0.1, -0.05) is 74.9 Å². The van der Waals surface area contributed by atoms with Crippen LogP contribution in [0.25, 0.3) is 0 Å². The number of carbonyl (C=O) groups excluding carboxylic acids is 3. The Labute approximate surface area is 221 Å². The van der Waals surface area contributed by atoms with Gasteiger partial charge in [0.2, 0.25) is 11.8 Å². The lowest BCUT2D eigenvalue weighted by Gasteiger charge is -2.36. The second kappa shape index (κ2) is 12.3. The highest BCUT2D eigenvalue weighted by molar-refractivity contribution is 5.93. The van der Waals surface area contributed by atoms with E-state index in [1.54, 1.807) is 25.7 Å². The van der Waals surface area contributed by atoms with Gasteiger partial charge in [0, 0.05) is 12.6 Å². The molecule has 0 bridgehead atoms. The number of alkyl carbamates (subject to hydrolysis) is 1. The molecule has 0 spiro atoms. The molecule has 0 aromatic heterocycles. The quantitative estimate of drug-likeness (QED) is 0.458. The second-order valence-corrected chi connectivity index (χ2v) is 10.9. The fourth-order valence-electron chi connectivity index (χ4n) is 4.34. The number of nitrogens with one attached hydrogen (secondary N) is 2. The van der Waals surface area contributed by atoms with E-state index in [0.717, 1.165) is 29.5 Å². The average molecular weight is 508 g/mol.